The minimum atomic E-state index is -3.47. The zero-order valence-corrected chi connectivity index (χ0v) is 10.5. The van der Waals surface area contributed by atoms with Crippen LogP contribution in [-0.2, 0) is 26.5 Å². The Morgan fingerprint density at radius 3 is 2.35 bits per heavy atom. The molecule has 0 spiro atoms. The summed E-state index contributed by atoms with van der Waals surface area (Å²) in [5.74, 6) is -0.112. The molecular formula is C12H15NO3S. The first-order chi connectivity index (χ1) is 8.07. The smallest absolute Gasteiger partial charge is 0.270 e. The van der Waals surface area contributed by atoms with E-state index in [4.69, 9.17) is 5.26 Å². The van der Waals surface area contributed by atoms with Crippen LogP contribution >= 0.6 is 0 Å². The molecule has 1 aromatic rings. The van der Waals surface area contributed by atoms with Crippen molar-refractivity contribution in [1.82, 2.24) is 0 Å². The number of aryl methyl sites for hydroxylation is 1. The highest BCUT2D eigenvalue weighted by Crippen LogP contribution is 2.10. The second-order valence-corrected chi connectivity index (χ2v) is 5.22. The summed E-state index contributed by atoms with van der Waals surface area (Å²) >= 11 is 0. The zero-order valence-electron chi connectivity index (χ0n) is 9.72. The summed E-state index contributed by atoms with van der Waals surface area (Å²) in [5.41, 5.74) is 1.73. The SMILES string of the molecule is CCOS(=O)(=O)Cc1ccc(CCC#N)cc1. The molecule has 0 heterocycles. The number of hydrogen-bond donors (Lipinski definition) is 0. The van der Waals surface area contributed by atoms with Crippen LogP contribution in [0.4, 0.5) is 0 Å². The lowest BCUT2D eigenvalue weighted by atomic mass is 10.1. The first kappa shape index (κ1) is 13.7. The van der Waals surface area contributed by atoms with Crippen LogP contribution < -0.4 is 0 Å². The van der Waals surface area contributed by atoms with Crippen molar-refractivity contribution in [3.05, 3.63) is 35.4 Å². The van der Waals surface area contributed by atoms with Crippen LogP contribution in [0.5, 0.6) is 0 Å². The maximum atomic E-state index is 11.4. The van der Waals surface area contributed by atoms with E-state index in [9.17, 15) is 8.42 Å². The van der Waals surface area contributed by atoms with Gasteiger partial charge in [-0.05, 0) is 24.5 Å². The summed E-state index contributed by atoms with van der Waals surface area (Å²) in [7, 11) is -3.47. The topological polar surface area (TPSA) is 67.2 Å². The third-order valence-electron chi connectivity index (χ3n) is 2.19. The van der Waals surface area contributed by atoms with Crippen molar-refractivity contribution < 1.29 is 12.6 Å². The van der Waals surface area contributed by atoms with E-state index in [1.54, 1.807) is 19.1 Å². The average molecular weight is 253 g/mol. The lowest BCUT2D eigenvalue weighted by Crippen LogP contribution is -2.08. The van der Waals surface area contributed by atoms with E-state index in [1.165, 1.54) is 0 Å². The monoisotopic (exact) mass is 253 g/mol. The molecule has 0 radical (unpaired) electrons. The lowest BCUT2D eigenvalue weighted by Gasteiger charge is -2.04. The quantitative estimate of drug-likeness (QED) is 0.727. The van der Waals surface area contributed by atoms with E-state index < -0.39 is 10.1 Å². The molecule has 5 heteroatoms. The Kier molecular flexibility index (Phi) is 5.13. The standard InChI is InChI=1S/C12H15NO3S/c1-2-16-17(14,15)10-12-7-5-11(6-8-12)4-3-9-13/h5-8H,2-4,10H2,1H3. The number of nitriles is 1. The van der Waals surface area contributed by atoms with Crippen LogP contribution in [0.2, 0.25) is 0 Å². The van der Waals surface area contributed by atoms with Crippen molar-refractivity contribution >= 4 is 10.1 Å². The molecule has 4 nitrogen and oxygen atoms in total. The maximum Gasteiger partial charge on any atom is 0.271 e. The fourth-order valence-electron chi connectivity index (χ4n) is 1.43. The van der Waals surface area contributed by atoms with Gasteiger partial charge in [-0.3, -0.25) is 4.18 Å². The molecule has 0 saturated heterocycles. The van der Waals surface area contributed by atoms with Gasteiger partial charge in [-0.15, -0.1) is 0 Å². The zero-order chi connectivity index (χ0) is 12.7. The number of benzene rings is 1. The normalized spacial score (nSPS) is 11.1. The molecule has 0 amide bonds. The van der Waals surface area contributed by atoms with Gasteiger partial charge in [0.25, 0.3) is 10.1 Å². The number of rotatable bonds is 6. The van der Waals surface area contributed by atoms with Gasteiger partial charge in [0.1, 0.15) is 5.75 Å². The molecule has 0 fully saturated rings. The van der Waals surface area contributed by atoms with Crippen LogP contribution in [0.3, 0.4) is 0 Å². The highest BCUT2D eigenvalue weighted by atomic mass is 32.2. The molecule has 0 saturated carbocycles. The second kappa shape index (κ2) is 6.38. The Balaban J connectivity index is 2.66. The molecule has 0 aromatic heterocycles. The van der Waals surface area contributed by atoms with Crippen LogP contribution in [0.1, 0.15) is 24.5 Å². The molecule has 0 bridgehead atoms. The van der Waals surface area contributed by atoms with Gasteiger partial charge in [0.05, 0.1) is 12.7 Å². The minimum absolute atomic E-state index is 0.112. The van der Waals surface area contributed by atoms with Crippen molar-refractivity contribution in [2.45, 2.75) is 25.5 Å². The molecule has 0 unspecified atom stereocenters. The molecule has 0 aliphatic heterocycles. The van der Waals surface area contributed by atoms with Gasteiger partial charge in [0.2, 0.25) is 0 Å². The van der Waals surface area contributed by atoms with Crippen molar-refractivity contribution in [2.24, 2.45) is 0 Å². The Morgan fingerprint density at radius 2 is 1.82 bits per heavy atom. The van der Waals surface area contributed by atoms with Gasteiger partial charge < -0.3 is 0 Å². The summed E-state index contributed by atoms with van der Waals surface area (Å²) in [4.78, 5) is 0. The lowest BCUT2D eigenvalue weighted by molar-refractivity contribution is 0.337. The Bertz CT molecular complexity index is 485. The van der Waals surface area contributed by atoms with E-state index in [1.807, 2.05) is 12.1 Å². The van der Waals surface area contributed by atoms with Crippen LogP contribution in [0, 0.1) is 11.3 Å². The second-order valence-electron chi connectivity index (χ2n) is 3.58. The van der Waals surface area contributed by atoms with Gasteiger partial charge in [0.15, 0.2) is 0 Å². The van der Waals surface area contributed by atoms with Gasteiger partial charge in [-0.1, -0.05) is 24.3 Å². The fourth-order valence-corrected chi connectivity index (χ4v) is 2.47. The van der Waals surface area contributed by atoms with Crippen molar-refractivity contribution in [2.75, 3.05) is 6.61 Å². The average Bonchev–Trinajstić information content (AvgIpc) is 2.27. The predicted octanol–water partition coefficient (Wildman–Crippen LogP) is 2.01. The molecule has 0 N–H and O–H groups in total. The van der Waals surface area contributed by atoms with Crippen molar-refractivity contribution in [1.29, 1.82) is 5.26 Å². The van der Waals surface area contributed by atoms with E-state index in [0.29, 0.717) is 18.4 Å². The fraction of sp³-hybridized carbons (Fsp3) is 0.417. The molecule has 1 rings (SSSR count). The van der Waals surface area contributed by atoms with Gasteiger partial charge in [-0.25, -0.2) is 0 Å². The third kappa shape index (κ3) is 4.98. The van der Waals surface area contributed by atoms with E-state index >= 15 is 0 Å². The summed E-state index contributed by atoms with van der Waals surface area (Å²) in [6.45, 7) is 1.80. The maximum absolute atomic E-state index is 11.4. The van der Waals surface area contributed by atoms with Crippen LogP contribution in [-0.4, -0.2) is 15.0 Å². The van der Waals surface area contributed by atoms with Crippen molar-refractivity contribution in [3.8, 4) is 6.07 Å². The van der Waals surface area contributed by atoms with Crippen LogP contribution in [0.25, 0.3) is 0 Å². The molecule has 17 heavy (non-hydrogen) atoms. The Hall–Kier alpha value is -1.38. The third-order valence-corrected chi connectivity index (χ3v) is 3.47. The van der Waals surface area contributed by atoms with E-state index in [2.05, 4.69) is 10.3 Å². The number of nitrogens with zero attached hydrogens (tertiary/aromatic N) is 1. The summed E-state index contributed by atoms with van der Waals surface area (Å²) in [6.07, 6.45) is 1.16. The van der Waals surface area contributed by atoms with Crippen LogP contribution in [0.15, 0.2) is 24.3 Å². The van der Waals surface area contributed by atoms with E-state index in [0.717, 1.165) is 5.56 Å². The summed E-state index contributed by atoms with van der Waals surface area (Å²) in [6, 6.07) is 9.26. The Morgan fingerprint density at radius 1 is 1.24 bits per heavy atom. The molecule has 1 aromatic carbocycles. The van der Waals surface area contributed by atoms with Gasteiger partial charge >= 0.3 is 0 Å². The first-order valence-electron chi connectivity index (χ1n) is 5.39. The Labute approximate surface area is 102 Å². The number of hydrogen-bond acceptors (Lipinski definition) is 4. The molecular weight excluding hydrogens is 238 g/mol. The molecule has 0 aliphatic carbocycles. The minimum Gasteiger partial charge on any atom is -0.270 e. The molecule has 92 valence electrons. The summed E-state index contributed by atoms with van der Waals surface area (Å²) < 4.78 is 27.4. The van der Waals surface area contributed by atoms with Gasteiger partial charge in [-0.2, -0.15) is 13.7 Å². The first-order valence-corrected chi connectivity index (χ1v) is 6.97. The molecule has 0 atom stereocenters. The predicted molar refractivity (Wildman–Crippen MR) is 64.6 cm³/mol. The van der Waals surface area contributed by atoms with E-state index in [-0.39, 0.29) is 12.4 Å². The molecule has 0 aliphatic rings. The van der Waals surface area contributed by atoms with Crippen molar-refractivity contribution in [3.63, 3.8) is 0 Å². The highest BCUT2D eigenvalue weighted by molar-refractivity contribution is 7.85. The summed E-state index contributed by atoms with van der Waals surface area (Å²) in [5, 5.41) is 8.45. The largest absolute Gasteiger partial charge is 0.271 e. The van der Waals surface area contributed by atoms with Gasteiger partial charge in [0, 0.05) is 6.42 Å². The highest BCUT2D eigenvalue weighted by Gasteiger charge is 2.11.